The van der Waals surface area contributed by atoms with Crippen LogP contribution in [0.25, 0.3) is 0 Å². The first-order valence-electron chi connectivity index (χ1n) is 15.6. The Balaban J connectivity index is 1.80. The number of esters is 1. The van der Waals surface area contributed by atoms with E-state index in [1.165, 1.54) is 18.2 Å². The van der Waals surface area contributed by atoms with Crippen molar-refractivity contribution in [3.8, 4) is 5.75 Å². The molecule has 16 heteroatoms. The highest BCUT2D eigenvalue weighted by molar-refractivity contribution is 6.35. The molecule has 2 N–H and O–H groups in total. The summed E-state index contributed by atoms with van der Waals surface area (Å²) in [5.74, 6) is -1.31. The van der Waals surface area contributed by atoms with Crippen LogP contribution in [0.2, 0.25) is 10.0 Å². The van der Waals surface area contributed by atoms with E-state index < -0.39 is 71.1 Å². The highest BCUT2D eigenvalue weighted by atomic mass is 35.5. The summed E-state index contributed by atoms with van der Waals surface area (Å²) in [7, 11) is 0. The molecule has 3 aromatic rings. The molecular weight excluding hydrogens is 729 g/mol. The average molecular weight is 764 g/mol. The van der Waals surface area contributed by atoms with E-state index in [4.69, 9.17) is 42.5 Å². The molecule has 1 amide bonds. The van der Waals surface area contributed by atoms with E-state index in [9.17, 15) is 35.9 Å². The van der Waals surface area contributed by atoms with Gasteiger partial charge in [-0.15, -0.1) is 0 Å². The van der Waals surface area contributed by atoms with Crippen molar-refractivity contribution in [3.63, 3.8) is 0 Å². The number of nitrogens with one attached hydrogen (secondary N) is 1. The molecule has 1 aliphatic rings. The van der Waals surface area contributed by atoms with Crippen LogP contribution in [0.1, 0.15) is 74.0 Å². The van der Waals surface area contributed by atoms with Gasteiger partial charge in [0.25, 0.3) is 5.91 Å². The number of aliphatic hydroxyl groups is 1. The van der Waals surface area contributed by atoms with E-state index >= 15 is 0 Å². The number of benzene rings is 3. The molecule has 0 aliphatic carbocycles. The van der Waals surface area contributed by atoms with Crippen LogP contribution < -0.4 is 10.1 Å². The molecular formula is C35H34Cl2F6N2O6. The molecule has 8 nitrogen and oxygen atoms in total. The first kappa shape index (κ1) is 39.8. The maximum absolute atomic E-state index is 14.3. The van der Waals surface area contributed by atoms with Crippen LogP contribution >= 0.6 is 23.2 Å². The second-order valence-electron chi connectivity index (χ2n) is 12.6. The van der Waals surface area contributed by atoms with Crippen LogP contribution in [0.15, 0.2) is 65.7 Å². The van der Waals surface area contributed by atoms with Crippen molar-refractivity contribution in [2.24, 2.45) is 4.99 Å². The van der Waals surface area contributed by atoms with Crippen molar-refractivity contribution >= 4 is 41.0 Å². The van der Waals surface area contributed by atoms with E-state index in [2.05, 4.69) is 10.3 Å². The topological polar surface area (TPSA) is 106 Å². The van der Waals surface area contributed by atoms with Crippen LogP contribution in [0.5, 0.6) is 5.75 Å². The first-order chi connectivity index (χ1) is 23.7. The summed E-state index contributed by atoms with van der Waals surface area (Å²) in [6.45, 7) is 4.32. The predicted octanol–water partition coefficient (Wildman–Crippen LogP) is 8.49. The van der Waals surface area contributed by atoms with Crippen molar-refractivity contribution < 1.29 is 55.2 Å². The van der Waals surface area contributed by atoms with Crippen LogP contribution in [-0.2, 0) is 38.0 Å². The smallest absolute Gasteiger partial charge is 0.416 e. The highest BCUT2D eigenvalue weighted by Gasteiger charge is 2.54. The van der Waals surface area contributed by atoms with Gasteiger partial charge in [0.1, 0.15) is 11.4 Å². The zero-order valence-corrected chi connectivity index (χ0v) is 29.1. The van der Waals surface area contributed by atoms with Gasteiger partial charge in [-0.05, 0) is 87.4 Å². The van der Waals surface area contributed by atoms with Gasteiger partial charge in [-0.2, -0.15) is 26.3 Å². The Morgan fingerprint density at radius 2 is 1.57 bits per heavy atom. The monoisotopic (exact) mass is 762 g/mol. The van der Waals surface area contributed by atoms with E-state index in [0.29, 0.717) is 29.9 Å². The minimum atomic E-state index is -5.11. The molecule has 0 aromatic heterocycles. The lowest BCUT2D eigenvalue weighted by Crippen LogP contribution is -2.48. The molecule has 3 aromatic carbocycles. The first-order valence-corrected chi connectivity index (χ1v) is 16.3. The van der Waals surface area contributed by atoms with Crippen molar-refractivity contribution in [1.82, 2.24) is 5.32 Å². The Morgan fingerprint density at radius 1 is 0.941 bits per heavy atom. The average Bonchev–Trinajstić information content (AvgIpc) is 3.42. The minimum absolute atomic E-state index is 0.0173. The second kappa shape index (κ2) is 15.7. The zero-order chi connectivity index (χ0) is 37.8. The van der Waals surface area contributed by atoms with Gasteiger partial charge in [0, 0.05) is 47.2 Å². The van der Waals surface area contributed by atoms with Crippen molar-refractivity contribution in [2.45, 2.75) is 76.2 Å². The second-order valence-corrected chi connectivity index (χ2v) is 13.5. The number of alkyl halides is 6. The molecule has 1 heterocycles. The lowest BCUT2D eigenvalue weighted by molar-refractivity contribution is -0.155. The third kappa shape index (κ3) is 10.3. The maximum Gasteiger partial charge on any atom is 0.416 e. The molecule has 0 saturated carbocycles. The normalized spacial score (nSPS) is 17.8. The third-order valence-corrected chi connectivity index (χ3v) is 8.07. The molecule has 0 spiro atoms. The Morgan fingerprint density at radius 3 is 2.12 bits per heavy atom. The SMILES string of the molecule is CC(C)(C)OC(=O)CC[C@@]1(C(=O)NCc2cc(C(F)(F)F)cc(C(F)(F)F)c2)N=C(c2ccc(OCCCO)cc2)O[C@@H]1c1ccc(Cl)cc1Cl. The number of amides is 1. The number of aliphatic imine (C=N–C) groups is 1. The highest BCUT2D eigenvalue weighted by Crippen LogP contribution is 2.46. The van der Waals surface area contributed by atoms with Gasteiger partial charge in [0.2, 0.25) is 5.90 Å². The number of halogens is 8. The summed E-state index contributed by atoms with van der Waals surface area (Å²) in [5, 5.41) is 11.8. The number of hydrogen-bond donors (Lipinski definition) is 2. The van der Waals surface area contributed by atoms with Crippen molar-refractivity contribution in [3.05, 3.63) is 98.5 Å². The fourth-order valence-corrected chi connectivity index (χ4v) is 5.71. The summed E-state index contributed by atoms with van der Waals surface area (Å²) in [5.41, 5.74) is -5.98. The fraction of sp³-hybridized carbons (Fsp3) is 0.400. The minimum Gasteiger partial charge on any atom is -0.494 e. The molecule has 1 aliphatic heterocycles. The fourth-order valence-electron chi connectivity index (χ4n) is 5.20. The van der Waals surface area contributed by atoms with E-state index in [0.717, 1.165) is 0 Å². The van der Waals surface area contributed by atoms with Gasteiger partial charge in [-0.25, -0.2) is 4.99 Å². The molecule has 0 fully saturated rings. The third-order valence-electron chi connectivity index (χ3n) is 7.51. The van der Waals surface area contributed by atoms with Crippen LogP contribution in [0.3, 0.4) is 0 Å². The Bertz CT molecular complexity index is 1730. The Hall–Kier alpha value is -4.01. The summed E-state index contributed by atoms with van der Waals surface area (Å²) in [4.78, 5) is 31.9. The van der Waals surface area contributed by atoms with Crippen molar-refractivity contribution in [2.75, 3.05) is 13.2 Å². The number of rotatable bonds is 12. The number of aliphatic hydroxyl groups excluding tert-OH is 1. The predicted molar refractivity (Wildman–Crippen MR) is 177 cm³/mol. The van der Waals surface area contributed by atoms with Crippen LogP contribution in [0.4, 0.5) is 26.3 Å². The number of ether oxygens (including phenoxy) is 3. The molecule has 4 rings (SSSR count). The molecule has 276 valence electrons. The van der Waals surface area contributed by atoms with Crippen molar-refractivity contribution in [1.29, 1.82) is 0 Å². The molecule has 51 heavy (non-hydrogen) atoms. The van der Waals surface area contributed by atoms with Gasteiger partial charge < -0.3 is 24.6 Å². The molecule has 2 atom stereocenters. The summed E-state index contributed by atoms with van der Waals surface area (Å²) in [6, 6.07) is 11.7. The Labute approximate surface area is 299 Å². The number of carbonyl (C=O) groups excluding carboxylic acids is 2. The van der Waals surface area contributed by atoms with Gasteiger partial charge in [0.15, 0.2) is 11.6 Å². The lowest BCUT2D eigenvalue weighted by atomic mass is 9.83. The summed E-state index contributed by atoms with van der Waals surface area (Å²) in [6.07, 6.45) is -11.9. The molecule has 0 saturated heterocycles. The number of carbonyl (C=O) groups is 2. The molecule has 0 bridgehead atoms. The van der Waals surface area contributed by atoms with Gasteiger partial charge >= 0.3 is 18.3 Å². The van der Waals surface area contributed by atoms with E-state index in [1.54, 1.807) is 45.0 Å². The summed E-state index contributed by atoms with van der Waals surface area (Å²) >= 11 is 12.7. The number of hydrogen-bond acceptors (Lipinski definition) is 7. The van der Waals surface area contributed by atoms with E-state index in [-0.39, 0.29) is 47.2 Å². The molecule has 0 radical (unpaired) electrons. The van der Waals surface area contributed by atoms with Gasteiger partial charge in [-0.3, -0.25) is 9.59 Å². The largest absolute Gasteiger partial charge is 0.494 e. The zero-order valence-electron chi connectivity index (χ0n) is 27.6. The van der Waals surface area contributed by atoms with Gasteiger partial charge in [0.05, 0.1) is 17.7 Å². The van der Waals surface area contributed by atoms with Crippen LogP contribution in [-0.4, -0.2) is 47.2 Å². The van der Waals surface area contributed by atoms with Crippen LogP contribution in [0, 0.1) is 0 Å². The number of nitrogens with zero attached hydrogens (tertiary/aromatic N) is 1. The molecule has 0 unspecified atom stereocenters. The van der Waals surface area contributed by atoms with E-state index in [1.807, 2.05) is 0 Å². The maximum atomic E-state index is 14.3. The summed E-state index contributed by atoms with van der Waals surface area (Å²) < 4.78 is 98.7. The van der Waals surface area contributed by atoms with Gasteiger partial charge in [-0.1, -0.05) is 29.3 Å². The standard InChI is InChI=1S/C35H34Cl2F6N2O6/c1-32(2,3)51-28(47)11-12-33(31(48)44-19-20-15-22(34(38,39)40)17-23(16-20)35(41,42)43)29(26-10-7-24(36)18-27(26)37)50-30(45-33)21-5-8-25(9-6-21)49-14-4-13-46/h5-10,15-18,29,46H,4,11-14,19H2,1-3H3,(H,44,48)/t29-,33-/m1/s1. The quantitative estimate of drug-likeness (QED) is 0.109. The Kier molecular flexibility index (Phi) is 12.2. The lowest BCUT2D eigenvalue weighted by Gasteiger charge is -2.31.